The van der Waals surface area contributed by atoms with Gasteiger partial charge in [0.1, 0.15) is 5.52 Å². The number of halogens is 5. The van der Waals surface area contributed by atoms with Gasteiger partial charge in [-0.25, -0.2) is 0 Å². The molecule has 1 aromatic heterocycles. The summed E-state index contributed by atoms with van der Waals surface area (Å²) in [7, 11) is 0. The van der Waals surface area contributed by atoms with Crippen molar-refractivity contribution in [2.24, 2.45) is 0 Å². The number of pyridine rings is 1. The lowest BCUT2D eigenvalue weighted by molar-refractivity contribution is -0.274. The number of fused-ring (bicyclic) bond motifs is 1. The molecular weight excluding hydrogens is 367 g/mol. The van der Waals surface area contributed by atoms with E-state index in [9.17, 15) is 13.2 Å². The zero-order valence-electron chi connectivity index (χ0n) is 8.05. The second kappa shape index (κ2) is 4.45. The first-order valence-corrected chi connectivity index (χ1v) is 5.95. The maximum atomic E-state index is 12.2. The van der Waals surface area contributed by atoms with Crippen LogP contribution >= 0.6 is 31.9 Å². The molecule has 0 atom stereocenters. The van der Waals surface area contributed by atoms with Gasteiger partial charge < -0.3 is 4.74 Å². The zero-order valence-corrected chi connectivity index (χ0v) is 11.2. The summed E-state index contributed by atoms with van der Waals surface area (Å²) in [5.74, 6) is -0.316. The van der Waals surface area contributed by atoms with Crippen LogP contribution in [-0.4, -0.2) is 11.3 Å². The fourth-order valence-electron chi connectivity index (χ4n) is 1.34. The number of hydrogen-bond acceptors (Lipinski definition) is 2. The summed E-state index contributed by atoms with van der Waals surface area (Å²) in [5.41, 5.74) is 0.153. The van der Waals surface area contributed by atoms with Crippen LogP contribution in [0, 0.1) is 0 Å². The van der Waals surface area contributed by atoms with E-state index in [-0.39, 0.29) is 11.3 Å². The van der Waals surface area contributed by atoms with E-state index in [1.54, 1.807) is 6.07 Å². The van der Waals surface area contributed by atoms with E-state index >= 15 is 0 Å². The second-order valence-electron chi connectivity index (χ2n) is 3.14. The van der Waals surface area contributed by atoms with Gasteiger partial charge in [0, 0.05) is 20.5 Å². The summed E-state index contributed by atoms with van der Waals surface area (Å²) in [6.07, 6.45) is -3.31. The van der Waals surface area contributed by atoms with Crippen molar-refractivity contribution in [3.8, 4) is 5.75 Å². The lowest BCUT2D eigenvalue weighted by Gasteiger charge is -2.11. The molecule has 2 aromatic rings. The van der Waals surface area contributed by atoms with Gasteiger partial charge in [-0.15, -0.1) is 13.2 Å². The Kier molecular flexibility index (Phi) is 3.31. The van der Waals surface area contributed by atoms with Gasteiger partial charge in [0.05, 0.1) is 0 Å². The predicted octanol–water partition coefficient (Wildman–Crippen LogP) is 4.66. The van der Waals surface area contributed by atoms with E-state index < -0.39 is 6.36 Å². The molecule has 0 radical (unpaired) electrons. The third-order valence-electron chi connectivity index (χ3n) is 1.95. The Bertz CT molecular complexity index is 571. The Morgan fingerprint density at radius 2 is 1.88 bits per heavy atom. The molecule has 0 saturated carbocycles. The number of ether oxygens (including phenoxy) is 1. The molecule has 1 aromatic carbocycles. The van der Waals surface area contributed by atoms with Crippen molar-refractivity contribution in [2.45, 2.75) is 6.36 Å². The molecule has 7 heteroatoms. The minimum absolute atomic E-state index is 0.153. The van der Waals surface area contributed by atoms with Gasteiger partial charge in [-0.3, -0.25) is 4.98 Å². The third-order valence-corrected chi connectivity index (χ3v) is 3.08. The minimum atomic E-state index is -4.73. The topological polar surface area (TPSA) is 22.1 Å². The number of rotatable bonds is 1. The lowest BCUT2D eigenvalue weighted by atomic mass is 10.2. The molecule has 90 valence electrons. The summed E-state index contributed by atoms with van der Waals surface area (Å²) in [4.78, 5) is 3.92. The van der Waals surface area contributed by atoms with Crippen molar-refractivity contribution in [1.29, 1.82) is 0 Å². The highest BCUT2D eigenvalue weighted by Crippen LogP contribution is 2.34. The van der Waals surface area contributed by atoms with Crippen molar-refractivity contribution >= 4 is 42.8 Å². The molecule has 2 nitrogen and oxygen atoms in total. The number of benzene rings is 1. The van der Waals surface area contributed by atoms with E-state index in [0.717, 1.165) is 0 Å². The molecule has 0 aliphatic heterocycles. The Balaban J connectivity index is 2.62. The Labute approximate surface area is 111 Å². The quantitative estimate of drug-likeness (QED) is 0.728. The van der Waals surface area contributed by atoms with E-state index in [1.165, 1.54) is 18.3 Å². The maximum Gasteiger partial charge on any atom is 0.573 e. The largest absolute Gasteiger partial charge is 0.573 e. The summed E-state index contributed by atoms with van der Waals surface area (Å²) in [6, 6.07) is 4.37. The zero-order chi connectivity index (χ0) is 12.6. The molecule has 1 heterocycles. The first-order valence-electron chi connectivity index (χ1n) is 4.36. The van der Waals surface area contributed by atoms with Gasteiger partial charge in [0.25, 0.3) is 0 Å². The summed E-state index contributed by atoms with van der Waals surface area (Å²) >= 11 is 6.45. The lowest BCUT2D eigenvalue weighted by Crippen LogP contribution is -2.17. The van der Waals surface area contributed by atoms with E-state index in [0.29, 0.717) is 14.3 Å². The van der Waals surface area contributed by atoms with Crippen molar-refractivity contribution in [3.63, 3.8) is 0 Å². The van der Waals surface area contributed by atoms with Crippen LogP contribution in [0.3, 0.4) is 0 Å². The molecule has 0 spiro atoms. The highest BCUT2D eigenvalue weighted by atomic mass is 79.9. The minimum Gasteiger partial charge on any atom is -0.403 e. The maximum absolute atomic E-state index is 12.2. The van der Waals surface area contributed by atoms with Crippen LogP contribution in [0.1, 0.15) is 0 Å². The second-order valence-corrected chi connectivity index (χ2v) is 4.91. The monoisotopic (exact) mass is 369 g/mol. The van der Waals surface area contributed by atoms with Gasteiger partial charge >= 0.3 is 6.36 Å². The standard InChI is InChI=1S/C10H4Br2F3NO/c11-5-3-6-7(12)1-2-8(9(6)16-4-5)17-10(13,14)15/h1-4H. The molecule has 0 saturated heterocycles. The van der Waals surface area contributed by atoms with Gasteiger partial charge in [-0.2, -0.15) is 0 Å². The average Bonchev–Trinajstić information content (AvgIpc) is 2.21. The van der Waals surface area contributed by atoms with E-state index in [4.69, 9.17) is 0 Å². The van der Waals surface area contributed by atoms with Crippen LogP contribution in [0.2, 0.25) is 0 Å². The first-order chi connectivity index (χ1) is 7.87. The smallest absolute Gasteiger partial charge is 0.403 e. The molecule has 2 rings (SSSR count). The fourth-order valence-corrected chi connectivity index (χ4v) is 2.11. The van der Waals surface area contributed by atoms with Crippen molar-refractivity contribution in [3.05, 3.63) is 33.3 Å². The van der Waals surface area contributed by atoms with Gasteiger partial charge in [0.2, 0.25) is 0 Å². The Morgan fingerprint density at radius 3 is 2.53 bits per heavy atom. The van der Waals surface area contributed by atoms with Crippen LogP contribution in [0.25, 0.3) is 10.9 Å². The highest BCUT2D eigenvalue weighted by molar-refractivity contribution is 9.11. The van der Waals surface area contributed by atoms with Gasteiger partial charge in [0.15, 0.2) is 5.75 Å². The summed E-state index contributed by atoms with van der Waals surface area (Å²) in [6.45, 7) is 0. The summed E-state index contributed by atoms with van der Waals surface area (Å²) in [5, 5.41) is 0.543. The molecular formula is C10H4Br2F3NO. The molecule has 0 unspecified atom stereocenters. The molecule has 0 bridgehead atoms. The van der Waals surface area contributed by atoms with Crippen LogP contribution < -0.4 is 4.74 Å². The highest BCUT2D eigenvalue weighted by Gasteiger charge is 2.32. The molecule has 0 aliphatic rings. The van der Waals surface area contributed by atoms with Gasteiger partial charge in [-0.1, -0.05) is 15.9 Å². The number of nitrogens with zero attached hydrogens (tertiary/aromatic N) is 1. The third kappa shape index (κ3) is 2.90. The molecule has 0 amide bonds. The van der Waals surface area contributed by atoms with Crippen LogP contribution in [-0.2, 0) is 0 Å². The van der Waals surface area contributed by atoms with E-state index in [2.05, 4.69) is 41.6 Å². The van der Waals surface area contributed by atoms with E-state index in [1.807, 2.05) is 0 Å². The van der Waals surface area contributed by atoms with Crippen molar-refractivity contribution in [1.82, 2.24) is 4.98 Å². The molecule has 0 aliphatic carbocycles. The normalized spacial score (nSPS) is 11.8. The SMILES string of the molecule is FC(F)(F)Oc1ccc(Br)c2cc(Br)cnc12. The summed E-state index contributed by atoms with van der Waals surface area (Å²) < 4.78 is 41.8. The molecule has 17 heavy (non-hydrogen) atoms. The fraction of sp³-hybridized carbons (Fsp3) is 0.100. The van der Waals surface area contributed by atoms with Crippen LogP contribution in [0.4, 0.5) is 13.2 Å². The number of alkyl halides is 3. The molecule has 0 N–H and O–H groups in total. The number of aromatic nitrogens is 1. The van der Waals surface area contributed by atoms with Crippen LogP contribution in [0.5, 0.6) is 5.75 Å². The Hall–Kier alpha value is -0.820. The number of hydrogen-bond donors (Lipinski definition) is 0. The van der Waals surface area contributed by atoms with Gasteiger partial charge in [-0.05, 0) is 34.1 Å². The molecule has 0 fully saturated rings. The predicted molar refractivity (Wildman–Crippen MR) is 63.8 cm³/mol. The average molecular weight is 371 g/mol. The van der Waals surface area contributed by atoms with Crippen LogP contribution in [0.15, 0.2) is 33.3 Å². The first kappa shape index (κ1) is 12.6. The van der Waals surface area contributed by atoms with Crippen molar-refractivity contribution in [2.75, 3.05) is 0 Å². The van der Waals surface area contributed by atoms with Crippen molar-refractivity contribution < 1.29 is 17.9 Å². The Morgan fingerprint density at radius 1 is 1.18 bits per heavy atom.